The van der Waals surface area contributed by atoms with Crippen LogP contribution in [0.1, 0.15) is 33.6 Å². The van der Waals surface area contributed by atoms with Crippen LogP contribution in [0.4, 0.5) is 15.3 Å². The van der Waals surface area contributed by atoms with Crippen molar-refractivity contribution in [2.45, 2.75) is 44.3 Å². The first-order valence-electron chi connectivity index (χ1n) is 10.1. The highest BCUT2D eigenvalue weighted by Gasteiger charge is 2.25. The smallest absolute Gasteiger partial charge is 0.391 e. The molecule has 1 saturated heterocycles. The highest BCUT2D eigenvalue weighted by Crippen LogP contribution is 2.25. The summed E-state index contributed by atoms with van der Waals surface area (Å²) in [6.07, 6.45) is 6.44. The molecular formula is C20H28N6O3S2. The van der Waals surface area contributed by atoms with Crippen LogP contribution in [-0.4, -0.2) is 56.4 Å². The van der Waals surface area contributed by atoms with Gasteiger partial charge in [-0.05, 0) is 45.6 Å². The molecule has 11 heteroatoms. The van der Waals surface area contributed by atoms with Crippen molar-refractivity contribution in [2.24, 2.45) is 5.92 Å². The second-order valence-electron chi connectivity index (χ2n) is 8.35. The van der Waals surface area contributed by atoms with E-state index in [-0.39, 0.29) is 17.5 Å². The number of pyridine rings is 1. The zero-order valence-electron chi connectivity index (χ0n) is 17.9. The zero-order chi connectivity index (χ0) is 22.4. The standard InChI is InChI=1S/C20H28N6O3S2/c1-20(2,3)24-18(27)26(30)15-4-5-16(23-12-15)29-19(28)25-10-6-14(7-11-25)13-31-17-21-8-9-22-17/h4-5,8-9,12,14,30H,6-7,10-11,13H2,1-3H3,(H,21,22)(H,24,27). The number of hydrogen-bond acceptors (Lipinski definition) is 7. The maximum atomic E-state index is 12.5. The van der Waals surface area contributed by atoms with Crippen LogP contribution in [-0.2, 0) is 0 Å². The maximum Gasteiger partial charge on any atom is 0.416 e. The molecule has 0 aliphatic carbocycles. The van der Waals surface area contributed by atoms with Crippen molar-refractivity contribution in [1.82, 2.24) is 25.2 Å². The highest BCUT2D eigenvalue weighted by molar-refractivity contribution is 7.99. The molecule has 0 atom stereocenters. The lowest BCUT2D eigenvalue weighted by molar-refractivity contribution is 0.132. The van der Waals surface area contributed by atoms with Gasteiger partial charge in [-0.25, -0.2) is 23.9 Å². The molecule has 2 aromatic rings. The number of aromatic amines is 1. The second kappa shape index (κ2) is 10.3. The number of nitrogens with zero attached hydrogens (tertiary/aromatic N) is 4. The lowest BCUT2D eigenvalue weighted by Gasteiger charge is -2.30. The van der Waals surface area contributed by atoms with Crippen molar-refractivity contribution in [3.63, 3.8) is 0 Å². The van der Waals surface area contributed by atoms with Gasteiger partial charge in [-0.2, -0.15) is 0 Å². The Balaban J connectivity index is 1.45. The summed E-state index contributed by atoms with van der Waals surface area (Å²) in [5, 5.41) is 3.73. The van der Waals surface area contributed by atoms with Gasteiger partial charge in [0.25, 0.3) is 0 Å². The Hall–Kier alpha value is -2.40. The van der Waals surface area contributed by atoms with Crippen LogP contribution in [0.15, 0.2) is 35.9 Å². The molecule has 1 aliphatic heterocycles. The Bertz CT molecular complexity index is 862. The molecule has 0 saturated carbocycles. The maximum absolute atomic E-state index is 12.5. The Labute approximate surface area is 191 Å². The number of H-pyrrole nitrogens is 1. The van der Waals surface area contributed by atoms with Crippen LogP contribution in [0.5, 0.6) is 5.88 Å². The minimum absolute atomic E-state index is 0.183. The van der Waals surface area contributed by atoms with Crippen molar-refractivity contribution >= 4 is 42.4 Å². The summed E-state index contributed by atoms with van der Waals surface area (Å²) in [6, 6.07) is 2.81. The van der Waals surface area contributed by atoms with Crippen LogP contribution in [0, 0.1) is 5.92 Å². The summed E-state index contributed by atoms with van der Waals surface area (Å²) in [6.45, 7) is 6.95. The molecule has 2 N–H and O–H groups in total. The number of hydrogen-bond donors (Lipinski definition) is 3. The summed E-state index contributed by atoms with van der Waals surface area (Å²) in [4.78, 5) is 37.8. The third-order valence-electron chi connectivity index (χ3n) is 4.63. The molecule has 0 aromatic carbocycles. The molecule has 0 radical (unpaired) electrons. The van der Waals surface area contributed by atoms with E-state index in [0.29, 0.717) is 24.7 Å². The first kappa shape index (κ1) is 23.3. The van der Waals surface area contributed by atoms with Gasteiger partial charge in [0.15, 0.2) is 5.16 Å². The molecule has 31 heavy (non-hydrogen) atoms. The van der Waals surface area contributed by atoms with Crippen LogP contribution < -0.4 is 14.4 Å². The summed E-state index contributed by atoms with van der Waals surface area (Å²) >= 11 is 5.92. The molecule has 3 heterocycles. The Morgan fingerprint density at radius 2 is 2.06 bits per heavy atom. The molecule has 9 nitrogen and oxygen atoms in total. The van der Waals surface area contributed by atoms with Gasteiger partial charge in [-0.1, -0.05) is 24.6 Å². The monoisotopic (exact) mass is 464 g/mol. The summed E-state index contributed by atoms with van der Waals surface area (Å²) in [5.41, 5.74) is 0.0889. The number of aromatic nitrogens is 3. The molecule has 3 amide bonds. The number of piperidine rings is 1. The number of urea groups is 1. The van der Waals surface area contributed by atoms with Crippen molar-refractivity contribution < 1.29 is 14.3 Å². The van der Waals surface area contributed by atoms with Gasteiger partial charge in [-0.15, -0.1) is 0 Å². The lowest BCUT2D eigenvalue weighted by atomic mass is 9.99. The number of carbonyl (C=O) groups excluding carboxylic acids is 2. The molecule has 1 fully saturated rings. The molecular weight excluding hydrogens is 436 g/mol. The van der Waals surface area contributed by atoms with Crippen LogP contribution in [0.25, 0.3) is 0 Å². The number of carbonyl (C=O) groups is 2. The predicted octanol–water partition coefficient (Wildman–Crippen LogP) is 3.97. The number of anilines is 1. The van der Waals surface area contributed by atoms with Crippen molar-refractivity contribution in [1.29, 1.82) is 0 Å². The number of thiol groups is 1. The molecule has 0 unspecified atom stereocenters. The molecule has 2 aromatic heterocycles. The van der Waals surface area contributed by atoms with Gasteiger partial charge < -0.3 is 19.9 Å². The minimum atomic E-state index is -0.411. The Kier molecular flexibility index (Phi) is 7.71. The fraction of sp³-hybridized carbons (Fsp3) is 0.500. The van der Waals surface area contributed by atoms with E-state index in [4.69, 9.17) is 4.74 Å². The minimum Gasteiger partial charge on any atom is -0.391 e. The first-order chi connectivity index (χ1) is 14.7. The quantitative estimate of drug-likeness (QED) is 0.457. The van der Waals surface area contributed by atoms with Crippen molar-refractivity contribution in [2.75, 3.05) is 23.1 Å². The number of imidazole rings is 1. The van der Waals surface area contributed by atoms with Gasteiger partial charge in [0, 0.05) is 42.8 Å². The third kappa shape index (κ3) is 7.06. The number of nitrogens with one attached hydrogen (secondary N) is 2. The van der Waals surface area contributed by atoms with Gasteiger partial charge in [0.1, 0.15) is 0 Å². The van der Waals surface area contributed by atoms with Gasteiger partial charge >= 0.3 is 12.1 Å². The molecule has 1 aliphatic rings. The fourth-order valence-electron chi connectivity index (χ4n) is 3.01. The van der Waals surface area contributed by atoms with Gasteiger partial charge in [0.2, 0.25) is 5.88 Å². The highest BCUT2D eigenvalue weighted by atomic mass is 32.2. The summed E-state index contributed by atoms with van der Waals surface area (Å²) in [5.74, 6) is 1.70. The topological polar surface area (TPSA) is 103 Å². The number of rotatable bonds is 5. The third-order valence-corrected chi connectivity index (χ3v) is 6.18. The summed E-state index contributed by atoms with van der Waals surface area (Å²) < 4.78 is 6.56. The molecule has 0 bridgehead atoms. The van der Waals surface area contributed by atoms with E-state index >= 15 is 0 Å². The normalized spacial score (nSPS) is 14.9. The van der Waals surface area contributed by atoms with E-state index in [1.165, 1.54) is 6.20 Å². The van der Waals surface area contributed by atoms with Crippen LogP contribution in [0.2, 0.25) is 0 Å². The van der Waals surface area contributed by atoms with E-state index in [2.05, 4.69) is 33.1 Å². The Morgan fingerprint density at radius 3 is 2.65 bits per heavy atom. The number of likely N-dealkylation sites (tertiary alicyclic amines) is 1. The van der Waals surface area contributed by atoms with E-state index in [1.807, 2.05) is 27.0 Å². The molecule has 0 spiro atoms. The average Bonchev–Trinajstić information content (AvgIpc) is 3.25. The summed E-state index contributed by atoms with van der Waals surface area (Å²) in [7, 11) is 0. The van der Waals surface area contributed by atoms with E-state index in [0.717, 1.165) is 28.1 Å². The first-order valence-corrected chi connectivity index (χ1v) is 11.5. The fourth-order valence-corrected chi connectivity index (χ4v) is 4.19. The van der Waals surface area contributed by atoms with Gasteiger partial charge in [0.05, 0.1) is 11.9 Å². The number of amides is 3. The average molecular weight is 465 g/mol. The molecule has 168 valence electrons. The SMILES string of the molecule is CC(C)(C)NC(=O)N(S)c1ccc(OC(=O)N2CCC(CSc3ncc[nH]3)CC2)nc1. The number of thioether (sulfide) groups is 1. The largest absolute Gasteiger partial charge is 0.416 e. The molecule has 3 rings (SSSR count). The van der Waals surface area contributed by atoms with E-state index < -0.39 is 6.09 Å². The zero-order valence-corrected chi connectivity index (χ0v) is 19.6. The second-order valence-corrected chi connectivity index (χ2v) is 9.76. The van der Waals surface area contributed by atoms with Crippen LogP contribution >= 0.6 is 24.6 Å². The Morgan fingerprint density at radius 1 is 1.32 bits per heavy atom. The number of ether oxygens (including phenoxy) is 1. The van der Waals surface area contributed by atoms with E-state index in [9.17, 15) is 9.59 Å². The van der Waals surface area contributed by atoms with E-state index in [1.54, 1.807) is 35.0 Å². The van der Waals surface area contributed by atoms with Crippen molar-refractivity contribution in [3.05, 3.63) is 30.7 Å². The lowest BCUT2D eigenvalue weighted by Crippen LogP contribution is -2.45. The van der Waals surface area contributed by atoms with Gasteiger partial charge in [-0.3, -0.25) is 0 Å². The van der Waals surface area contributed by atoms with Crippen LogP contribution in [0.3, 0.4) is 0 Å². The predicted molar refractivity (Wildman–Crippen MR) is 124 cm³/mol. The van der Waals surface area contributed by atoms with Crippen molar-refractivity contribution in [3.8, 4) is 5.88 Å².